The lowest BCUT2D eigenvalue weighted by molar-refractivity contribution is 0.00168. The van der Waals surface area contributed by atoms with E-state index in [4.69, 9.17) is 23.9 Å². The molecule has 5 atom stereocenters. The van der Waals surface area contributed by atoms with Crippen molar-refractivity contribution in [3.05, 3.63) is 115 Å². The van der Waals surface area contributed by atoms with Crippen molar-refractivity contribution >= 4 is 38.4 Å². The minimum Gasteiger partial charge on any atom is -0.497 e. The Morgan fingerprint density at radius 2 is 1.50 bits per heavy atom. The van der Waals surface area contributed by atoms with Crippen molar-refractivity contribution in [2.24, 2.45) is 11.8 Å². The Labute approximate surface area is 304 Å². The highest BCUT2D eigenvalue weighted by molar-refractivity contribution is 6.12. The van der Waals surface area contributed by atoms with E-state index in [2.05, 4.69) is 83.5 Å². The van der Waals surface area contributed by atoms with E-state index < -0.39 is 6.04 Å². The highest BCUT2D eigenvalue weighted by Crippen LogP contribution is 2.45. The predicted octanol–water partition coefficient (Wildman–Crippen LogP) is 8.61. The van der Waals surface area contributed by atoms with Crippen molar-refractivity contribution in [2.75, 3.05) is 41.5 Å². The molecule has 0 saturated carbocycles. The van der Waals surface area contributed by atoms with Crippen molar-refractivity contribution in [2.45, 2.75) is 24.9 Å². The summed E-state index contributed by atoms with van der Waals surface area (Å²) in [6.45, 7) is 6.02. The number of piperidine rings is 3. The van der Waals surface area contributed by atoms with Gasteiger partial charge in [-0.2, -0.15) is 0 Å². The van der Waals surface area contributed by atoms with Crippen molar-refractivity contribution in [1.29, 1.82) is 0 Å². The van der Waals surface area contributed by atoms with Crippen LogP contribution in [0.3, 0.4) is 0 Å². The first-order valence-corrected chi connectivity index (χ1v) is 17.8. The van der Waals surface area contributed by atoms with E-state index in [9.17, 15) is 4.79 Å². The Bertz CT molecular complexity index is 2260. The molecule has 0 radical (unpaired) electrons. The summed E-state index contributed by atoms with van der Waals surface area (Å²) in [5.41, 5.74) is 4.02. The molecule has 4 heterocycles. The van der Waals surface area contributed by atoms with E-state index >= 15 is 0 Å². The predicted molar refractivity (Wildman–Crippen MR) is 207 cm³/mol. The lowest BCUT2D eigenvalue weighted by Gasteiger charge is -2.51. The summed E-state index contributed by atoms with van der Waals surface area (Å²) in [5.74, 6) is 2.58. The van der Waals surface area contributed by atoms with Gasteiger partial charge in [-0.05, 0) is 88.7 Å². The summed E-state index contributed by atoms with van der Waals surface area (Å²) in [4.78, 5) is 22.6. The molecule has 9 rings (SSSR count). The fraction of sp³-hybridized carbons (Fsp3) is 0.273. The van der Waals surface area contributed by atoms with Gasteiger partial charge in [0.1, 0.15) is 28.6 Å². The van der Waals surface area contributed by atoms with Crippen LogP contribution in [0.25, 0.3) is 43.7 Å². The fourth-order valence-electron chi connectivity index (χ4n) is 8.58. The molecule has 52 heavy (non-hydrogen) atoms. The van der Waals surface area contributed by atoms with Crippen LogP contribution in [0, 0.1) is 11.8 Å². The lowest BCUT2D eigenvalue weighted by atomic mass is 9.73. The summed E-state index contributed by atoms with van der Waals surface area (Å²) in [5, 5.41) is 8.98. The Hall–Kier alpha value is -5.60. The van der Waals surface area contributed by atoms with Gasteiger partial charge in [0.15, 0.2) is 0 Å². The van der Waals surface area contributed by atoms with Crippen LogP contribution in [0.4, 0.5) is 0 Å². The minimum absolute atomic E-state index is 0.0167. The molecule has 2 bridgehead atoms. The number of carbonyl (C=O) groups is 1. The maximum Gasteiger partial charge on any atom is 0.259 e. The maximum atomic E-state index is 14.7. The molecule has 3 aliphatic rings. The van der Waals surface area contributed by atoms with Gasteiger partial charge in [0.05, 0.1) is 45.7 Å². The van der Waals surface area contributed by atoms with Crippen LogP contribution in [-0.2, 0) is 0 Å². The van der Waals surface area contributed by atoms with Gasteiger partial charge in [-0.1, -0.05) is 54.6 Å². The van der Waals surface area contributed by atoms with Gasteiger partial charge in [-0.15, -0.1) is 6.58 Å². The smallest absolute Gasteiger partial charge is 0.259 e. The Morgan fingerprint density at radius 3 is 2.10 bits per heavy atom. The van der Waals surface area contributed by atoms with Crippen LogP contribution in [0.5, 0.6) is 23.0 Å². The summed E-state index contributed by atoms with van der Waals surface area (Å²) in [6.07, 6.45) is 4.12. The number of aromatic nitrogens is 1. The number of methoxy groups -OCH3 is 4. The summed E-state index contributed by atoms with van der Waals surface area (Å²) < 4.78 is 22.8. The van der Waals surface area contributed by atoms with Crippen molar-refractivity contribution in [3.63, 3.8) is 0 Å². The average molecular weight is 694 g/mol. The van der Waals surface area contributed by atoms with E-state index in [1.165, 1.54) is 0 Å². The van der Waals surface area contributed by atoms with E-state index in [-0.39, 0.29) is 11.9 Å². The quantitative estimate of drug-likeness (QED) is 0.114. The molecule has 1 amide bonds. The summed E-state index contributed by atoms with van der Waals surface area (Å²) >= 11 is 0. The zero-order valence-electron chi connectivity index (χ0n) is 30.0. The molecule has 1 aromatic heterocycles. The monoisotopic (exact) mass is 693 g/mol. The SMILES string of the molecule is C=CC1CN2CCC1CC2[C@@H](NC(=O)c1c(OC)cc(OC)cc1OC)c1cc(-c2c3ccccc3cc3ccccc23)nc2ccc(OC)cc12. The number of carbonyl (C=O) groups excluding carboxylic acids is 1. The second kappa shape index (κ2) is 13.8. The van der Waals surface area contributed by atoms with Gasteiger partial charge in [-0.25, -0.2) is 4.98 Å². The van der Waals surface area contributed by atoms with Crippen LogP contribution in [0.1, 0.15) is 34.8 Å². The van der Waals surface area contributed by atoms with Crippen LogP contribution in [0.15, 0.2) is 104 Å². The standard InChI is InChI=1S/C44H43N3O5/c1-6-26-25-47-18-17-27(26)20-38(47)43(46-44(48)42-39(51-4)22-31(50-3)23-40(42)52-5)35-24-37(45-36-16-15-30(49-2)21-34(35)36)41-32-13-9-7-11-28(32)19-29-12-8-10-14-33(29)41/h6-16,19,21-24,26-27,38,43H,1,17-18,20,25H2,2-5H3,(H,46,48)/t26?,27?,38?,43-/m0/s1. The molecular weight excluding hydrogens is 651 g/mol. The molecule has 0 aliphatic carbocycles. The average Bonchev–Trinajstić information content (AvgIpc) is 3.20. The molecule has 5 aromatic carbocycles. The third kappa shape index (κ3) is 5.77. The second-order valence-corrected chi connectivity index (χ2v) is 13.8. The zero-order valence-corrected chi connectivity index (χ0v) is 30.0. The fourth-order valence-corrected chi connectivity index (χ4v) is 8.58. The molecule has 3 aliphatic heterocycles. The van der Waals surface area contributed by atoms with Gasteiger partial charge in [0, 0.05) is 35.7 Å². The Kier molecular flexibility index (Phi) is 8.93. The van der Waals surface area contributed by atoms with Crippen LogP contribution in [-0.4, -0.2) is 63.4 Å². The van der Waals surface area contributed by atoms with E-state index in [0.717, 1.165) is 80.9 Å². The molecule has 264 valence electrons. The maximum absolute atomic E-state index is 14.7. The number of ether oxygens (including phenoxy) is 4. The number of benzene rings is 5. The molecule has 4 unspecified atom stereocenters. The van der Waals surface area contributed by atoms with Gasteiger partial charge >= 0.3 is 0 Å². The van der Waals surface area contributed by atoms with Crippen molar-refractivity contribution in [3.8, 4) is 34.3 Å². The number of nitrogens with zero attached hydrogens (tertiary/aromatic N) is 2. The zero-order chi connectivity index (χ0) is 35.9. The van der Waals surface area contributed by atoms with E-state index in [1.807, 2.05) is 18.2 Å². The van der Waals surface area contributed by atoms with Crippen molar-refractivity contribution < 1.29 is 23.7 Å². The highest BCUT2D eigenvalue weighted by Gasteiger charge is 2.44. The molecule has 3 saturated heterocycles. The highest BCUT2D eigenvalue weighted by atomic mass is 16.5. The normalized spacial score (nSPS) is 20.1. The minimum atomic E-state index is -0.421. The first-order valence-electron chi connectivity index (χ1n) is 17.8. The van der Waals surface area contributed by atoms with E-state index in [0.29, 0.717) is 34.6 Å². The van der Waals surface area contributed by atoms with Crippen LogP contribution >= 0.6 is 0 Å². The van der Waals surface area contributed by atoms with Crippen molar-refractivity contribution in [1.82, 2.24) is 15.2 Å². The number of hydrogen-bond donors (Lipinski definition) is 1. The van der Waals surface area contributed by atoms with Gasteiger partial charge < -0.3 is 24.3 Å². The first kappa shape index (κ1) is 33.5. The lowest BCUT2D eigenvalue weighted by Crippen LogP contribution is -2.57. The van der Waals surface area contributed by atoms with Gasteiger partial charge in [0.2, 0.25) is 0 Å². The Balaban J connectivity index is 1.37. The van der Waals surface area contributed by atoms with Crippen LogP contribution in [0.2, 0.25) is 0 Å². The topological polar surface area (TPSA) is 82.2 Å². The summed E-state index contributed by atoms with van der Waals surface area (Å²) in [6, 6.07) is 30.4. The Morgan fingerprint density at radius 1 is 0.827 bits per heavy atom. The molecule has 8 heteroatoms. The number of nitrogens with one attached hydrogen (secondary N) is 1. The number of fused-ring (bicyclic) bond motifs is 6. The number of rotatable bonds is 10. The van der Waals surface area contributed by atoms with Gasteiger partial charge in [-0.3, -0.25) is 9.69 Å². The first-order chi connectivity index (χ1) is 25.4. The molecule has 1 N–H and O–H groups in total. The number of pyridine rings is 1. The molecular formula is C44H43N3O5. The van der Waals surface area contributed by atoms with Crippen LogP contribution < -0.4 is 24.3 Å². The molecule has 6 aromatic rings. The van der Waals surface area contributed by atoms with Gasteiger partial charge in [0.25, 0.3) is 5.91 Å². The number of hydrogen-bond acceptors (Lipinski definition) is 7. The third-order valence-electron chi connectivity index (χ3n) is 11.2. The number of amides is 1. The summed E-state index contributed by atoms with van der Waals surface area (Å²) in [7, 11) is 6.35. The third-order valence-corrected chi connectivity index (χ3v) is 11.2. The largest absolute Gasteiger partial charge is 0.497 e. The second-order valence-electron chi connectivity index (χ2n) is 13.8. The molecule has 3 fully saturated rings. The van der Waals surface area contributed by atoms with E-state index in [1.54, 1.807) is 40.6 Å². The molecule has 0 spiro atoms. The molecule has 8 nitrogen and oxygen atoms in total.